The predicted molar refractivity (Wildman–Crippen MR) is 119 cm³/mol. The highest BCUT2D eigenvalue weighted by Gasteiger charge is 2.27. The molecule has 3 aromatic rings. The van der Waals surface area contributed by atoms with Crippen molar-refractivity contribution in [2.75, 3.05) is 32.6 Å². The van der Waals surface area contributed by atoms with Crippen LogP contribution in [0, 0.1) is 0 Å². The molecule has 0 unspecified atom stereocenters. The first-order valence-corrected chi connectivity index (χ1v) is 11.5. The van der Waals surface area contributed by atoms with E-state index in [1.54, 1.807) is 53.2 Å². The lowest BCUT2D eigenvalue weighted by molar-refractivity contribution is 0.102. The van der Waals surface area contributed by atoms with Crippen molar-refractivity contribution in [1.82, 2.24) is 13.9 Å². The Kier molecular flexibility index (Phi) is 6.15. The van der Waals surface area contributed by atoms with Gasteiger partial charge in [0.1, 0.15) is 23.5 Å². The fraction of sp³-hybridized carbons (Fsp3) is 0.273. The fourth-order valence-electron chi connectivity index (χ4n) is 3.52. The number of benzene rings is 2. The molecule has 2 heterocycles. The van der Waals surface area contributed by atoms with E-state index in [1.165, 1.54) is 24.9 Å². The minimum absolute atomic E-state index is 0.209. The number of methoxy groups -OCH3 is 2. The molecule has 0 saturated carbocycles. The van der Waals surface area contributed by atoms with Crippen LogP contribution < -0.4 is 14.8 Å². The van der Waals surface area contributed by atoms with Crippen LogP contribution in [0.15, 0.2) is 59.9 Å². The number of ether oxygens (including phenoxy) is 2. The molecule has 1 N–H and O–H groups in total. The molecule has 0 atom stereocenters. The van der Waals surface area contributed by atoms with Crippen molar-refractivity contribution in [3.63, 3.8) is 0 Å². The smallest absolute Gasteiger partial charge is 0.275 e. The number of nitrogens with zero attached hydrogens (tertiary/aromatic N) is 3. The highest BCUT2D eigenvalue weighted by atomic mass is 32.2. The molecule has 9 nitrogen and oxygen atoms in total. The van der Waals surface area contributed by atoms with Crippen LogP contribution in [0.4, 0.5) is 5.69 Å². The Morgan fingerprint density at radius 2 is 1.62 bits per heavy atom. The van der Waals surface area contributed by atoms with Gasteiger partial charge in [-0.05, 0) is 37.1 Å². The van der Waals surface area contributed by atoms with Crippen molar-refractivity contribution >= 4 is 21.6 Å². The molecule has 1 aromatic heterocycles. The molecule has 10 heteroatoms. The van der Waals surface area contributed by atoms with E-state index in [1.807, 2.05) is 0 Å². The molecule has 1 amide bonds. The Hall–Kier alpha value is -3.37. The number of carbonyl (C=O) groups excluding carboxylic acids is 1. The van der Waals surface area contributed by atoms with Crippen LogP contribution in [-0.4, -0.2) is 55.5 Å². The van der Waals surface area contributed by atoms with E-state index >= 15 is 0 Å². The van der Waals surface area contributed by atoms with Crippen molar-refractivity contribution in [1.29, 1.82) is 0 Å². The van der Waals surface area contributed by atoms with Crippen molar-refractivity contribution < 1.29 is 22.7 Å². The van der Waals surface area contributed by atoms with Gasteiger partial charge in [0.05, 0.1) is 19.1 Å². The van der Waals surface area contributed by atoms with Crippen molar-refractivity contribution in [2.45, 2.75) is 17.7 Å². The number of hydrogen-bond acceptors (Lipinski definition) is 6. The lowest BCUT2D eigenvalue weighted by Crippen LogP contribution is -2.27. The summed E-state index contributed by atoms with van der Waals surface area (Å²) in [6.45, 7) is 1.12. The summed E-state index contributed by atoms with van der Waals surface area (Å²) in [5.74, 6) is 0.704. The second-order valence-corrected chi connectivity index (χ2v) is 9.26. The quantitative estimate of drug-likeness (QED) is 0.586. The Morgan fingerprint density at radius 1 is 1.00 bits per heavy atom. The first kappa shape index (κ1) is 21.8. The molecule has 1 fully saturated rings. The van der Waals surface area contributed by atoms with Gasteiger partial charge in [-0.2, -0.15) is 4.31 Å². The third kappa shape index (κ3) is 4.46. The van der Waals surface area contributed by atoms with Crippen molar-refractivity contribution in [3.05, 3.63) is 60.7 Å². The zero-order valence-electron chi connectivity index (χ0n) is 17.8. The average Bonchev–Trinajstić information content (AvgIpc) is 3.52. The second kappa shape index (κ2) is 9.01. The number of anilines is 1. The van der Waals surface area contributed by atoms with Crippen LogP contribution in [-0.2, 0) is 10.0 Å². The molecule has 1 aliphatic heterocycles. The third-order valence-electron chi connectivity index (χ3n) is 5.26. The van der Waals surface area contributed by atoms with Gasteiger partial charge in [0.15, 0.2) is 0 Å². The van der Waals surface area contributed by atoms with Crippen LogP contribution in [0.1, 0.15) is 23.3 Å². The predicted octanol–water partition coefficient (Wildman–Crippen LogP) is 2.93. The number of hydrogen-bond donors (Lipinski definition) is 1. The largest absolute Gasteiger partial charge is 0.497 e. The lowest BCUT2D eigenvalue weighted by Gasteiger charge is -2.15. The van der Waals surface area contributed by atoms with Crippen molar-refractivity contribution in [2.24, 2.45) is 0 Å². The molecule has 0 spiro atoms. The van der Waals surface area contributed by atoms with E-state index in [-0.39, 0.29) is 10.6 Å². The number of amides is 1. The topological polar surface area (TPSA) is 103 Å². The number of aromatic nitrogens is 2. The Morgan fingerprint density at radius 3 is 2.22 bits per heavy atom. The lowest BCUT2D eigenvalue weighted by atomic mass is 10.2. The van der Waals surface area contributed by atoms with Gasteiger partial charge >= 0.3 is 0 Å². The summed E-state index contributed by atoms with van der Waals surface area (Å²) in [7, 11) is -0.405. The summed E-state index contributed by atoms with van der Waals surface area (Å²) in [6.07, 6.45) is 4.86. The highest BCUT2D eigenvalue weighted by Crippen LogP contribution is 2.26. The molecular formula is C22H24N4O5S. The molecular weight excluding hydrogens is 432 g/mol. The standard InChI is InChI=1S/C22H24N4O5S/c1-30-18-11-16(12-19(13-18)31-2)24-22(27)21-14-25(15-23-21)17-5-7-20(8-6-17)32(28,29)26-9-3-4-10-26/h5-8,11-15H,3-4,9-10H2,1-2H3,(H,24,27). The summed E-state index contributed by atoms with van der Waals surface area (Å²) in [4.78, 5) is 17.1. The van der Waals surface area contributed by atoms with Crippen LogP contribution in [0.3, 0.4) is 0 Å². The van der Waals surface area contributed by atoms with Gasteiger partial charge < -0.3 is 19.4 Å². The number of sulfonamides is 1. The molecule has 0 radical (unpaired) electrons. The first-order valence-electron chi connectivity index (χ1n) is 10.1. The monoisotopic (exact) mass is 456 g/mol. The number of nitrogens with one attached hydrogen (secondary N) is 1. The van der Waals surface area contributed by atoms with Gasteiger partial charge in [0, 0.05) is 48.9 Å². The minimum Gasteiger partial charge on any atom is -0.497 e. The maximum atomic E-state index is 12.7. The molecule has 2 aromatic carbocycles. The Labute approximate surface area is 186 Å². The van der Waals surface area contributed by atoms with E-state index in [9.17, 15) is 13.2 Å². The maximum Gasteiger partial charge on any atom is 0.275 e. The zero-order chi connectivity index (χ0) is 22.7. The van der Waals surface area contributed by atoms with E-state index in [4.69, 9.17) is 9.47 Å². The van der Waals surface area contributed by atoms with Gasteiger partial charge in [0.2, 0.25) is 10.0 Å². The average molecular weight is 457 g/mol. The SMILES string of the molecule is COc1cc(NC(=O)c2cn(-c3ccc(S(=O)(=O)N4CCCC4)cc3)cn2)cc(OC)c1. The van der Waals surface area contributed by atoms with Gasteiger partial charge in [0.25, 0.3) is 5.91 Å². The van der Waals surface area contributed by atoms with E-state index in [0.717, 1.165) is 12.8 Å². The molecule has 168 valence electrons. The Balaban J connectivity index is 1.49. The van der Waals surface area contributed by atoms with Gasteiger partial charge in [-0.1, -0.05) is 0 Å². The molecule has 32 heavy (non-hydrogen) atoms. The molecule has 1 aliphatic rings. The third-order valence-corrected chi connectivity index (χ3v) is 7.18. The van der Waals surface area contributed by atoms with Gasteiger partial charge in [-0.25, -0.2) is 13.4 Å². The highest BCUT2D eigenvalue weighted by molar-refractivity contribution is 7.89. The molecule has 4 rings (SSSR count). The van der Waals surface area contributed by atoms with E-state index < -0.39 is 15.9 Å². The van der Waals surface area contributed by atoms with E-state index in [2.05, 4.69) is 10.3 Å². The maximum absolute atomic E-state index is 12.7. The summed E-state index contributed by atoms with van der Waals surface area (Å²) < 4.78 is 39.0. The van der Waals surface area contributed by atoms with Gasteiger partial charge in [-0.15, -0.1) is 0 Å². The fourth-order valence-corrected chi connectivity index (χ4v) is 5.04. The zero-order valence-corrected chi connectivity index (χ0v) is 18.6. The molecule has 0 aliphatic carbocycles. The van der Waals surface area contributed by atoms with Crippen LogP contribution in [0.25, 0.3) is 5.69 Å². The molecule has 1 saturated heterocycles. The molecule has 0 bridgehead atoms. The van der Waals surface area contributed by atoms with Crippen LogP contribution in [0.2, 0.25) is 0 Å². The summed E-state index contributed by atoms with van der Waals surface area (Å²) in [6, 6.07) is 11.6. The number of rotatable bonds is 7. The van der Waals surface area contributed by atoms with Crippen LogP contribution in [0.5, 0.6) is 11.5 Å². The summed E-state index contributed by atoms with van der Waals surface area (Å²) in [5, 5.41) is 2.77. The van der Waals surface area contributed by atoms with Crippen molar-refractivity contribution in [3.8, 4) is 17.2 Å². The minimum atomic E-state index is -3.47. The van der Waals surface area contributed by atoms with Crippen LogP contribution >= 0.6 is 0 Å². The normalized spacial score (nSPS) is 14.3. The second-order valence-electron chi connectivity index (χ2n) is 7.33. The Bertz CT molecular complexity index is 1190. The first-order chi connectivity index (χ1) is 15.4. The number of imidazole rings is 1. The number of carbonyl (C=O) groups is 1. The summed E-state index contributed by atoms with van der Waals surface area (Å²) in [5.41, 5.74) is 1.41. The van der Waals surface area contributed by atoms with E-state index in [0.29, 0.717) is 36.0 Å². The van der Waals surface area contributed by atoms with Gasteiger partial charge in [-0.3, -0.25) is 4.79 Å². The summed E-state index contributed by atoms with van der Waals surface area (Å²) >= 11 is 0.